The lowest BCUT2D eigenvalue weighted by Gasteiger charge is -2.23. The maximum Gasteiger partial charge on any atom is 0.0888 e. The Kier molecular flexibility index (Phi) is 6.71. The van der Waals surface area contributed by atoms with Crippen LogP contribution in [0.5, 0.6) is 0 Å². The van der Waals surface area contributed by atoms with Crippen LogP contribution in [-0.2, 0) is 4.74 Å². The third-order valence-corrected chi connectivity index (χ3v) is 3.66. The number of rotatable bonds is 2. The van der Waals surface area contributed by atoms with Gasteiger partial charge in [-0.3, -0.25) is 0 Å². The molecule has 18 heavy (non-hydrogen) atoms. The highest BCUT2D eigenvalue weighted by Crippen LogP contribution is 2.31. The van der Waals surface area contributed by atoms with Crippen LogP contribution in [0.1, 0.15) is 11.7 Å². The molecule has 0 saturated carbocycles. The Morgan fingerprint density at radius 3 is 2.78 bits per heavy atom. The molecule has 2 atom stereocenters. The summed E-state index contributed by atoms with van der Waals surface area (Å²) in [6.07, 6.45) is -0.134. The van der Waals surface area contributed by atoms with Crippen molar-refractivity contribution in [2.24, 2.45) is 5.92 Å². The first-order chi connectivity index (χ1) is 8.22. The fourth-order valence-corrected chi connectivity index (χ4v) is 2.31. The van der Waals surface area contributed by atoms with Crippen molar-refractivity contribution in [1.29, 1.82) is 0 Å². The maximum atomic E-state index is 9.39. The number of halogens is 3. The molecule has 1 aliphatic rings. The summed E-state index contributed by atoms with van der Waals surface area (Å²) in [7, 11) is 0. The Bertz CT molecular complexity index is 390. The molecular formula is C12H16Cl3NO2. The van der Waals surface area contributed by atoms with Crippen molar-refractivity contribution in [3.8, 4) is 0 Å². The molecule has 0 amide bonds. The minimum atomic E-state index is -0.134. The summed E-state index contributed by atoms with van der Waals surface area (Å²) in [4.78, 5) is 0. The van der Waals surface area contributed by atoms with Gasteiger partial charge in [0.1, 0.15) is 0 Å². The van der Waals surface area contributed by atoms with E-state index in [2.05, 4.69) is 5.32 Å². The molecule has 0 aromatic heterocycles. The molecule has 102 valence electrons. The van der Waals surface area contributed by atoms with Crippen molar-refractivity contribution < 1.29 is 9.84 Å². The largest absolute Gasteiger partial charge is 0.396 e. The van der Waals surface area contributed by atoms with Crippen molar-refractivity contribution in [2.75, 3.05) is 26.3 Å². The highest BCUT2D eigenvalue weighted by Gasteiger charge is 2.25. The number of aliphatic hydroxyl groups excluding tert-OH is 1. The molecule has 1 heterocycles. The third kappa shape index (κ3) is 3.73. The van der Waals surface area contributed by atoms with Gasteiger partial charge in [-0.25, -0.2) is 0 Å². The van der Waals surface area contributed by atoms with Crippen LogP contribution < -0.4 is 5.32 Å². The van der Waals surface area contributed by atoms with E-state index in [1.54, 1.807) is 6.07 Å². The number of benzene rings is 1. The Labute approximate surface area is 123 Å². The molecule has 1 saturated heterocycles. The van der Waals surface area contributed by atoms with Gasteiger partial charge in [0.2, 0.25) is 0 Å². The number of hydrogen-bond donors (Lipinski definition) is 2. The van der Waals surface area contributed by atoms with E-state index in [9.17, 15) is 5.11 Å². The van der Waals surface area contributed by atoms with E-state index < -0.39 is 0 Å². The van der Waals surface area contributed by atoms with Gasteiger partial charge in [-0.05, 0) is 17.7 Å². The highest BCUT2D eigenvalue weighted by molar-refractivity contribution is 6.42. The minimum absolute atomic E-state index is 0. The number of ether oxygens (including phenoxy) is 1. The van der Waals surface area contributed by atoms with E-state index in [1.165, 1.54) is 0 Å². The molecule has 0 radical (unpaired) electrons. The SMILES string of the molecule is Cl.OCC1CNCCOC1c1ccc(Cl)c(Cl)c1. The summed E-state index contributed by atoms with van der Waals surface area (Å²) in [6, 6.07) is 5.46. The van der Waals surface area contributed by atoms with E-state index in [0.29, 0.717) is 16.7 Å². The molecular weight excluding hydrogens is 296 g/mol. The zero-order valence-electron chi connectivity index (χ0n) is 9.73. The van der Waals surface area contributed by atoms with E-state index in [-0.39, 0.29) is 31.0 Å². The monoisotopic (exact) mass is 311 g/mol. The second-order valence-electron chi connectivity index (χ2n) is 4.11. The van der Waals surface area contributed by atoms with Crippen molar-refractivity contribution in [3.63, 3.8) is 0 Å². The van der Waals surface area contributed by atoms with E-state index in [4.69, 9.17) is 27.9 Å². The Balaban J connectivity index is 0.00000162. The Morgan fingerprint density at radius 1 is 1.33 bits per heavy atom. The average Bonchev–Trinajstić information content (AvgIpc) is 2.57. The molecule has 1 aromatic rings. The zero-order chi connectivity index (χ0) is 12.3. The highest BCUT2D eigenvalue weighted by atomic mass is 35.5. The summed E-state index contributed by atoms with van der Waals surface area (Å²) in [5.74, 6) is 0.0368. The van der Waals surface area contributed by atoms with E-state index >= 15 is 0 Å². The quantitative estimate of drug-likeness (QED) is 0.882. The van der Waals surface area contributed by atoms with Crippen molar-refractivity contribution in [1.82, 2.24) is 5.32 Å². The molecule has 2 rings (SSSR count). The Morgan fingerprint density at radius 2 is 2.11 bits per heavy atom. The predicted molar refractivity (Wildman–Crippen MR) is 75.8 cm³/mol. The average molecular weight is 313 g/mol. The van der Waals surface area contributed by atoms with Crippen LogP contribution in [0.2, 0.25) is 10.0 Å². The van der Waals surface area contributed by atoms with Gasteiger partial charge in [-0.15, -0.1) is 12.4 Å². The first-order valence-electron chi connectivity index (χ1n) is 5.60. The summed E-state index contributed by atoms with van der Waals surface area (Å²) in [5, 5.41) is 13.7. The molecule has 2 unspecified atom stereocenters. The number of nitrogens with one attached hydrogen (secondary N) is 1. The summed E-state index contributed by atoms with van der Waals surface area (Å²) >= 11 is 11.9. The first-order valence-corrected chi connectivity index (χ1v) is 6.36. The molecule has 3 nitrogen and oxygen atoms in total. The maximum absolute atomic E-state index is 9.39. The van der Waals surface area contributed by atoms with Crippen LogP contribution in [0, 0.1) is 5.92 Å². The Hall–Kier alpha value is -0.0300. The molecule has 0 aliphatic carbocycles. The van der Waals surface area contributed by atoms with Gasteiger partial charge < -0.3 is 15.2 Å². The summed E-state index contributed by atoms with van der Waals surface area (Å²) < 4.78 is 5.76. The van der Waals surface area contributed by atoms with Crippen LogP contribution >= 0.6 is 35.6 Å². The number of aliphatic hydroxyl groups is 1. The second kappa shape index (κ2) is 7.53. The van der Waals surface area contributed by atoms with Crippen molar-refractivity contribution in [2.45, 2.75) is 6.10 Å². The fourth-order valence-electron chi connectivity index (χ4n) is 2.01. The molecule has 0 spiro atoms. The van der Waals surface area contributed by atoms with Crippen LogP contribution in [0.25, 0.3) is 0 Å². The fraction of sp³-hybridized carbons (Fsp3) is 0.500. The molecule has 1 aromatic carbocycles. The third-order valence-electron chi connectivity index (χ3n) is 2.92. The molecule has 1 fully saturated rings. The van der Waals surface area contributed by atoms with Crippen LogP contribution in [0.3, 0.4) is 0 Å². The van der Waals surface area contributed by atoms with Gasteiger partial charge in [0.15, 0.2) is 0 Å². The van der Waals surface area contributed by atoms with Gasteiger partial charge in [-0.1, -0.05) is 29.3 Å². The normalized spacial score (nSPS) is 24.2. The van der Waals surface area contributed by atoms with Crippen molar-refractivity contribution in [3.05, 3.63) is 33.8 Å². The molecule has 6 heteroatoms. The van der Waals surface area contributed by atoms with E-state index in [1.807, 2.05) is 12.1 Å². The smallest absolute Gasteiger partial charge is 0.0888 e. The molecule has 2 N–H and O–H groups in total. The lowest BCUT2D eigenvalue weighted by atomic mass is 9.96. The van der Waals surface area contributed by atoms with Crippen LogP contribution in [0.15, 0.2) is 18.2 Å². The van der Waals surface area contributed by atoms with Gasteiger partial charge in [0, 0.05) is 25.6 Å². The topological polar surface area (TPSA) is 41.5 Å². The van der Waals surface area contributed by atoms with Crippen molar-refractivity contribution >= 4 is 35.6 Å². The standard InChI is InChI=1S/C12H15Cl2NO2.ClH/c13-10-2-1-8(5-11(10)14)12-9(7-16)6-15-3-4-17-12;/h1-2,5,9,12,15-16H,3-4,6-7H2;1H. The minimum Gasteiger partial charge on any atom is -0.396 e. The molecule has 1 aliphatic heterocycles. The zero-order valence-corrected chi connectivity index (χ0v) is 12.1. The summed E-state index contributed by atoms with van der Waals surface area (Å²) in [6.45, 7) is 2.25. The predicted octanol–water partition coefficient (Wildman–Crippen LogP) is 2.68. The number of hydrogen-bond acceptors (Lipinski definition) is 3. The van der Waals surface area contributed by atoms with E-state index in [0.717, 1.165) is 18.7 Å². The van der Waals surface area contributed by atoms with Gasteiger partial charge >= 0.3 is 0 Å². The van der Waals surface area contributed by atoms with Crippen LogP contribution in [0.4, 0.5) is 0 Å². The van der Waals surface area contributed by atoms with Crippen LogP contribution in [-0.4, -0.2) is 31.4 Å². The molecule has 0 bridgehead atoms. The first kappa shape index (κ1) is 16.0. The lowest BCUT2D eigenvalue weighted by molar-refractivity contribution is 0.0115. The second-order valence-corrected chi connectivity index (χ2v) is 4.93. The summed E-state index contributed by atoms with van der Waals surface area (Å²) in [5.41, 5.74) is 0.960. The van der Waals surface area contributed by atoms with Gasteiger partial charge in [0.05, 0.1) is 22.8 Å². The van der Waals surface area contributed by atoms with Gasteiger partial charge in [-0.2, -0.15) is 0 Å². The van der Waals surface area contributed by atoms with Gasteiger partial charge in [0.25, 0.3) is 0 Å². The lowest BCUT2D eigenvalue weighted by Crippen LogP contribution is -2.27.